The van der Waals surface area contributed by atoms with Gasteiger partial charge in [-0.3, -0.25) is 0 Å². The molecule has 7 heteroatoms. The van der Waals surface area contributed by atoms with Crippen LogP contribution in [0.25, 0.3) is 0 Å². The van der Waals surface area contributed by atoms with Crippen LogP contribution in [0, 0.1) is 5.82 Å². The largest absolute Gasteiger partial charge is 0.329 e. The van der Waals surface area contributed by atoms with Crippen molar-refractivity contribution in [3.8, 4) is 0 Å². The van der Waals surface area contributed by atoms with Crippen molar-refractivity contribution in [2.45, 2.75) is 17.2 Å². The number of hydrogen-bond acceptors (Lipinski definition) is 5. The Morgan fingerprint density at radius 3 is 2.76 bits per heavy atom. The van der Waals surface area contributed by atoms with E-state index in [1.807, 2.05) is 0 Å². The summed E-state index contributed by atoms with van der Waals surface area (Å²) in [6.07, 6.45) is 0. The van der Waals surface area contributed by atoms with Crippen molar-refractivity contribution in [3.05, 3.63) is 35.9 Å². The molecule has 1 heterocycles. The van der Waals surface area contributed by atoms with Gasteiger partial charge in [0.15, 0.2) is 5.82 Å². The second-order valence-corrected chi connectivity index (χ2v) is 4.40. The van der Waals surface area contributed by atoms with Crippen LogP contribution < -0.4 is 5.73 Å². The van der Waals surface area contributed by atoms with Gasteiger partial charge in [0.2, 0.25) is 0 Å². The van der Waals surface area contributed by atoms with Gasteiger partial charge in [0, 0.05) is 11.4 Å². The van der Waals surface area contributed by atoms with Gasteiger partial charge in [0.25, 0.3) is 0 Å². The summed E-state index contributed by atoms with van der Waals surface area (Å²) in [6, 6.07) is 6.34. The lowest BCUT2D eigenvalue weighted by atomic mass is 10.4. The summed E-state index contributed by atoms with van der Waals surface area (Å²) < 4.78 is 14.4. The van der Waals surface area contributed by atoms with E-state index >= 15 is 0 Å². The topological polar surface area (TPSA) is 69.6 Å². The number of hydrogen-bond donors (Lipinski definition) is 1. The van der Waals surface area contributed by atoms with E-state index in [9.17, 15) is 4.39 Å². The van der Waals surface area contributed by atoms with E-state index in [1.54, 1.807) is 28.6 Å². The number of thioether (sulfide) groups is 1. The third-order valence-electron chi connectivity index (χ3n) is 2.13. The zero-order valence-electron chi connectivity index (χ0n) is 9.08. The maximum Gasteiger partial charge on any atom is 0.161 e. The predicted molar refractivity (Wildman–Crippen MR) is 62.8 cm³/mol. The van der Waals surface area contributed by atoms with Crippen molar-refractivity contribution in [1.82, 2.24) is 20.2 Å². The molecule has 0 aliphatic heterocycles. The first kappa shape index (κ1) is 12.0. The fourth-order valence-corrected chi connectivity index (χ4v) is 2.13. The van der Waals surface area contributed by atoms with Gasteiger partial charge in [-0.25, -0.2) is 9.07 Å². The maximum atomic E-state index is 12.7. The lowest BCUT2D eigenvalue weighted by Crippen LogP contribution is -2.13. The first-order valence-electron chi connectivity index (χ1n) is 5.13. The fourth-order valence-electron chi connectivity index (χ4n) is 1.30. The summed E-state index contributed by atoms with van der Waals surface area (Å²) in [5.41, 5.74) is 5.45. The minimum absolute atomic E-state index is 0.234. The Kier molecular flexibility index (Phi) is 4.05. The molecule has 0 amide bonds. The van der Waals surface area contributed by atoms with E-state index in [4.69, 9.17) is 5.73 Å². The zero-order chi connectivity index (χ0) is 12.1. The minimum Gasteiger partial charge on any atom is -0.329 e. The molecule has 17 heavy (non-hydrogen) atoms. The summed E-state index contributed by atoms with van der Waals surface area (Å²) in [5, 5.41) is 11.4. The Labute approximate surface area is 102 Å². The van der Waals surface area contributed by atoms with E-state index in [0.29, 0.717) is 18.8 Å². The summed E-state index contributed by atoms with van der Waals surface area (Å²) in [4.78, 5) is 0.980. The van der Waals surface area contributed by atoms with Crippen LogP contribution in [0.15, 0.2) is 29.2 Å². The molecule has 0 spiro atoms. The highest BCUT2D eigenvalue weighted by atomic mass is 32.2. The summed E-state index contributed by atoms with van der Waals surface area (Å²) in [6.45, 7) is 1.10. The van der Waals surface area contributed by atoms with Crippen LogP contribution in [0.3, 0.4) is 0 Å². The smallest absolute Gasteiger partial charge is 0.161 e. The maximum absolute atomic E-state index is 12.7. The first-order valence-corrected chi connectivity index (χ1v) is 6.11. The Balaban J connectivity index is 1.97. The lowest BCUT2D eigenvalue weighted by molar-refractivity contribution is 0.582. The van der Waals surface area contributed by atoms with Crippen LogP contribution in [-0.2, 0) is 12.3 Å². The number of nitrogens with zero attached hydrogens (tertiary/aromatic N) is 4. The molecule has 0 unspecified atom stereocenters. The molecule has 90 valence electrons. The van der Waals surface area contributed by atoms with Gasteiger partial charge in [0.05, 0.1) is 12.3 Å². The molecule has 2 rings (SSSR count). The second kappa shape index (κ2) is 5.74. The van der Waals surface area contributed by atoms with E-state index in [-0.39, 0.29) is 5.82 Å². The molecule has 0 saturated carbocycles. The molecular weight excluding hydrogens is 241 g/mol. The highest BCUT2D eigenvalue weighted by Gasteiger charge is 2.05. The Morgan fingerprint density at radius 2 is 2.06 bits per heavy atom. The van der Waals surface area contributed by atoms with E-state index < -0.39 is 0 Å². The van der Waals surface area contributed by atoms with Crippen LogP contribution >= 0.6 is 11.8 Å². The van der Waals surface area contributed by atoms with Gasteiger partial charge in [-0.15, -0.1) is 16.9 Å². The van der Waals surface area contributed by atoms with E-state index in [2.05, 4.69) is 15.5 Å². The summed E-state index contributed by atoms with van der Waals surface area (Å²) in [5.74, 6) is 1.17. The number of benzene rings is 1. The number of tetrazole rings is 1. The Morgan fingerprint density at radius 1 is 1.29 bits per heavy atom. The molecule has 0 aliphatic rings. The molecule has 0 saturated heterocycles. The predicted octanol–water partition coefficient (Wildman–Crippen LogP) is 1.06. The number of nitrogens with two attached hydrogens (primary N) is 1. The number of halogens is 1. The van der Waals surface area contributed by atoms with Crippen LogP contribution in [0.1, 0.15) is 5.82 Å². The molecule has 0 atom stereocenters. The Hall–Kier alpha value is -1.47. The van der Waals surface area contributed by atoms with Crippen molar-refractivity contribution in [3.63, 3.8) is 0 Å². The standard InChI is InChI=1S/C10H12FN5S/c11-8-1-3-9(4-2-8)17-7-10-13-14-15-16(10)6-5-12/h1-4H,5-7,12H2. The molecule has 2 N–H and O–H groups in total. The van der Waals surface area contributed by atoms with Gasteiger partial charge < -0.3 is 5.73 Å². The molecule has 0 radical (unpaired) electrons. The molecule has 0 aliphatic carbocycles. The summed E-state index contributed by atoms with van der Waals surface area (Å²) >= 11 is 1.56. The number of aromatic nitrogens is 4. The third kappa shape index (κ3) is 3.24. The fraction of sp³-hybridized carbons (Fsp3) is 0.300. The van der Waals surface area contributed by atoms with Crippen molar-refractivity contribution < 1.29 is 4.39 Å². The van der Waals surface area contributed by atoms with Crippen molar-refractivity contribution >= 4 is 11.8 Å². The van der Waals surface area contributed by atoms with Crippen LogP contribution in [0.2, 0.25) is 0 Å². The van der Waals surface area contributed by atoms with Gasteiger partial charge in [0.1, 0.15) is 5.82 Å². The first-order chi connectivity index (χ1) is 8.29. The quantitative estimate of drug-likeness (QED) is 0.807. The highest BCUT2D eigenvalue weighted by molar-refractivity contribution is 7.98. The van der Waals surface area contributed by atoms with Crippen molar-refractivity contribution in [1.29, 1.82) is 0 Å². The average Bonchev–Trinajstić information content (AvgIpc) is 2.77. The lowest BCUT2D eigenvalue weighted by Gasteiger charge is -2.02. The van der Waals surface area contributed by atoms with E-state index in [0.717, 1.165) is 10.7 Å². The third-order valence-corrected chi connectivity index (χ3v) is 3.14. The highest BCUT2D eigenvalue weighted by Crippen LogP contribution is 2.21. The SMILES string of the molecule is NCCn1nnnc1CSc1ccc(F)cc1. The molecule has 2 aromatic rings. The van der Waals surface area contributed by atoms with E-state index in [1.165, 1.54) is 12.1 Å². The molecule has 0 fully saturated rings. The Bertz CT molecular complexity index is 470. The number of rotatable bonds is 5. The average molecular weight is 253 g/mol. The molecule has 0 bridgehead atoms. The van der Waals surface area contributed by atoms with Gasteiger partial charge >= 0.3 is 0 Å². The van der Waals surface area contributed by atoms with Gasteiger partial charge in [-0.05, 0) is 34.7 Å². The molecule has 1 aromatic carbocycles. The molecule has 5 nitrogen and oxygen atoms in total. The minimum atomic E-state index is -0.234. The van der Waals surface area contributed by atoms with Crippen LogP contribution in [0.5, 0.6) is 0 Å². The second-order valence-electron chi connectivity index (χ2n) is 3.35. The molecular formula is C10H12FN5S. The van der Waals surface area contributed by atoms with Crippen molar-refractivity contribution in [2.24, 2.45) is 5.73 Å². The van der Waals surface area contributed by atoms with Crippen LogP contribution in [0.4, 0.5) is 4.39 Å². The monoisotopic (exact) mass is 253 g/mol. The van der Waals surface area contributed by atoms with Crippen molar-refractivity contribution in [2.75, 3.05) is 6.54 Å². The van der Waals surface area contributed by atoms with Crippen LogP contribution in [-0.4, -0.2) is 26.8 Å². The van der Waals surface area contributed by atoms with Gasteiger partial charge in [-0.2, -0.15) is 0 Å². The summed E-state index contributed by atoms with van der Waals surface area (Å²) in [7, 11) is 0. The normalized spacial score (nSPS) is 10.7. The molecule has 1 aromatic heterocycles. The zero-order valence-corrected chi connectivity index (χ0v) is 9.90. The van der Waals surface area contributed by atoms with Gasteiger partial charge in [-0.1, -0.05) is 0 Å².